The van der Waals surface area contributed by atoms with Crippen molar-refractivity contribution in [2.75, 3.05) is 79.2 Å². The Kier molecular flexibility index (Phi) is 81.5. The third kappa shape index (κ3) is 76.3. The Balaban J connectivity index is 5.92. The zero-order valence-corrected chi connectivity index (χ0v) is 76.1. The van der Waals surface area contributed by atoms with E-state index < -0.39 is 46.0 Å². The average molecular weight is 1670 g/mol. The first-order chi connectivity index (χ1) is 56.0. The van der Waals surface area contributed by atoms with Crippen LogP contribution < -0.4 is 21.3 Å². The van der Waals surface area contributed by atoms with Gasteiger partial charge in [-0.3, -0.25) is 55.9 Å². The number of phosphoric acid groups is 2. The molecule has 6 atom stereocenters. The molecule has 22 nitrogen and oxygen atoms in total. The summed E-state index contributed by atoms with van der Waals surface area (Å²) in [5.41, 5.74) is 0. The van der Waals surface area contributed by atoms with Crippen LogP contribution in [-0.4, -0.2) is 139 Å². The van der Waals surface area contributed by atoms with Crippen molar-refractivity contribution in [1.82, 2.24) is 21.3 Å². The number of amides is 4. The lowest BCUT2D eigenvalue weighted by Gasteiger charge is -2.23. The van der Waals surface area contributed by atoms with E-state index in [2.05, 4.69) is 76.0 Å². The second-order valence-electron chi connectivity index (χ2n) is 31.8. The van der Waals surface area contributed by atoms with Crippen molar-refractivity contribution in [2.45, 2.75) is 445 Å². The van der Waals surface area contributed by atoms with Crippen LogP contribution in [0.3, 0.4) is 0 Å². The number of carbonyl (C=O) groups excluding carboxylic acids is 6. The summed E-state index contributed by atoms with van der Waals surface area (Å²) in [5.74, 6) is -2.14. The maximum Gasteiger partial charge on any atom is 0.475 e. The van der Waals surface area contributed by atoms with Gasteiger partial charge in [-0.05, 0) is 51.4 Å². The molecule has 0 aliphatic heterocycles. The molecule has 0 rings (SSSR count). The Labute approximate surface area is 702 Å². The van der Waals surface area contributed by atoms with Gasteiger partial charge in [-0.15, -0.1) is 13.2 Å². The van der Waals surface area contributed by atoms with Crippen LogP contribution in [0.4, 0.5) is 0 Å². The van der Waals surface area contributed by atoms with Crippen LogP contribution in [-0.2, 0) is 84.0 Å². The van der Waals surface area contributed by atoms with Crippen molar-refractivity contribution in [1.29, 1.82) is 0 Å². The molecule has 24 heteroatoms. The highest BCUT2D eigenvalue weighted by Gasteiger charge is 2.31. The summed E-state index contributed by atoms with van der Waals surface area (Å²) in [6.45, 7) is 19.1. The van der Waals surface area contributed by atoms with Crippen LogP contribution in [0.2, 0.25) is 0 Å². The van der Waals surface area contributed by atoms with Crippen LogP contribution >= 0.6 is 15.6 Å². The molecule has 0 aliphatic rings. The Morgan fingerprint density at radius 2 is 0.557 bits per heavy atom. The summed E-state index contributed by atoms with van der Waals surface area (Å²) in [7, 11) is -8.69. The fourth-order valence-electron chi connectivity index (χ4n) is 13.6. The zero-order valence-electron chi connectivity index (χ0n) is 74.3. The molecular formula is C91H174N4O18P2. The van der Waals surface area contributed by atoms with Crippen molar-refractivity contribution in [2.24, 2.45) is 0 Å². The van der Waals surface area contributed by atoms with Crippen LogP contribution in [0, 0.1) is 0 Å². The minimum Gasteiger partial charge on any atom is -0.462 e. The monoisotopic (exact) mass is 1670 g/mol. The fourth-order valence-corrected chi connectivity index (χ4v) is 16.0. The van der Waals surface area contributed by atoms with Gasteiger partial charge in [-0.2, -0.15) is 0 Å². The zero-order chi connectivity index (χ0) is 84.3. The van der Waals surface area contributed by atoms with E-state index >= 15 is 0 Å². The van der Waals surface area contributed by atoms with Gasteiger partial charge in [0.05, 0.1) is 78.2 Å². The van der Waals surface area contributed by atoms with E-state index in [1.54, 1.807) is 0 Å². The molecule has 0 aromatic carbocycles. The van der Waals surface area contributed by atoms with E-state index in [0.29, 0.717) is 51.4 Å². The highest BCUT2D eigenvalue weighted by atomic mass is 31.2. The molecule has 0 aliphatic carbocycles. The molecule has 0 aromatic heterocycles. The number of ether oxygens (including phenoxy) is 4. The topological polar surface area (TPSA) is 277 Å². The number of hydrogen-bond donors (Lipinski definition) is 4. The molecule has 0 saturated carbocycles. The van der Waals surface area contributed by atoms with Crippen molar-refractivity contribution in [3.8, 4) is 0 Å². The van der Waals surface area contributed by atoms with Gasteiger partial charge >= 0.3 is 27.6 Å². The van der Waals surface area contributed by atoms with Gasteiger partial charge in [0, 0.05) is 51.6 Å². The number of hydrogen-bond acceptors (Lipinski definition) is 18. The predicted molar refractivity (Wildman–Crippen MR) is 469 cm³/mol. The minimum absolute atomic E-state index is 0.00135. The second kappa shape index (κ2) is 84.1. The Bertz CT molecular complexity index is 2240. The third-order valence-electron chi connectivity index (χ3n) is 20.6. The first-order valence-corrected chi connectivity index (χ1v) is 49.9. The highest BCUT2D eigenvalue weighted by Crippen LogP contribution is 2.50. The fraction of sp³-hybridized carbons (Fsp3) is 0.890. The van der Waals surface area contributed by atoms with Crippen molar-refractivity contribution in [3.05, 3.63) is 25.3 Å². The lowest BCUT2D eigenvalue weighted by Crippen LogP contribution is -2.41. The van der Waals surface area contributed by atoms with Gasteiger partial charge in [0.15, 0.2) is 0 Å². The average Bonchev–Trinajstić information content (AvgIpc) is 0.888. The molecule has 0 aromatic rings. The summed E-state index contributed by atoms with van der Waals surface area (Å²) in [5, 5.41) is 11.2. The molecule has 4 amide bonds. The number of rotatable bonds is 92. The molecule has 2 unspecified atom stereocenters. The number of unbranched alkanes of at least 4 members (excludes halogenated alkanes) is 44. The summed E-state index contributed by atoms with van der Waals surface area (Å²) in [6, 6.07) is -1.52. The molecular weight excluding hydrogens is 1500 g/mol. The second-order valence-corrected chi connectivity index (χ2v) is 35.1. The minimum atomic E-state index is -4.35. The molecule has 0 radical (unpaired) electrons. The molecule has 676 valence electrons. The van der Waals surface area contributed by atoms with Crippen molar-refractivity contribution in [3.63, 3.8) is 0 Å². The number of phosphoric ester groups is 2. The van der Waals surface area contributed by atoms with E-state index in [4.69, 9.17) is 46.1 Å². The summed E-state index contributed by atoms with van der Waals surface area (Å²) in [6.07, 6.45) is 62.2. The Hall–Kier alpha value is -3.56. The van der Waals surface area contributed by atoms with Gasteiger partial charge in [-0.1, -0.05) is 336 Å². The van der Waals surface area contributed by atoms with Gasteiger partial charge in [0.2, 0.25) is 23.6 Å². The van der Waals surface area contributed by atoms with Crippen LogP contribution in [0.5, 0.6) is 0 Å². The number of esters is 2. The first kappa shape index (κ1) is 111. The summed E-state index contributed by atoms with van der Waals surface area (Å²) >= 11 is 0. The molecule has 4 N–H and O–H groups in total. The normalized spacial score (nSPS) is 13.6. The molecule has 0 saturated heterocycles. The van der Waals surface area contributed by atoms with Crippen LogP contribution in [0.25, 0.3) is 0 Å². The van der Waals surface area contributed by atoms with E-state index in [9.17, 15) is 37.9 Å². The molecule has 115 heavy (non-hydrogen) atoms. The van der Waals surface area contributed by atoms with Gasteiger partial charge in [0.1, 0.15) is 18.6 Å². The molecule has 0 spiro atoms. The maximum absolute atomic E-state index is 14.2. The summed E-state index contributed by atoms with van der Waals surface area (Å²) < 4.78 is 87.0. The highest BCUT2D eigenvalue weighted by molar-refractivity contribution is 7.48. The summed E-state index contributed by atoms with van der Waals surface area (Å²) in [4.78, 5) is 79.4. The van der Waals surface area contributed by atoms with E-state index in [0.717, 1.165) is 154 Å². The Morgan fingerprint density at radius 3 is 0.835 bits per heavy atom. The Morgan fingerprint density at radius 1 is 0.296 bits per heavy atom. The number of carbonyl (C=O) groups is 6. The molecule has 0 bridgehead atoms. The van der Waals surface area contributed by atoms with Crippen molar-refractivity contribution >= 4 is 51.2 Å². The molecule has 0 heterocycles. The predicted octanol–water partition coefficient (Wildman–Crippen LogP) is 23.9. The van der Waals surface area contributed by atoms with E-state index in [-0.39, 0.29) is 115 Å². The van der Waals surface area contributed by atoms with Gasteiger partial charge in [-0.25, -0.2) is 9.13 Å². The smallest absolute Gasteiger partial charge is 0.462 e. The van der Waals surface area contributed by atoms with Crippen molar-refractivity contribution < 1.29 is 84.0 Å². The molecule has 0 fully saturated rings. The quantitative estimate of drug-likeness (QED) is 0.0145. The first-order valence-electron chi connectivity index (χ1n) is 47.0. The van der Waals surface area contributed by atoms with E-state index in [1.807, 2.05) is 0 Å². The van der Waals surface area contributed by atoms with Crippen LogP contribution in [0.15, 0.2) is 25.3 Å². The standard InChI is InChI=1S/C91H174N4O18P2/c1-9-17-23-29-33-37-39-43-45-51-57-63-86(96)94-82(78-104-73-67-84(61-55-49-27-21-13-5)112-90(100)65-59-53-47-41-35-31-25-19-11-3)80-110-114(102,106-71-15-7)108-75-69-92-88(98)77-89(99)93-70-76-109-115(103,107-72-16-8)111-81-83(95-87(97)64-58-52-46-44-40-38-34-30-24-18-10-2)79-105-74-68-85(62-56-50-28-22-14-6)113-91(101)66-60-54-48-42-36-32-26-20-12-4/h15-16,82-85H,7-14,17-81H2,1-6H3,(H,92,98)(H,93,99)(H,94,96)(H,95,97)/t82-,83-,84+,85+,114?,115?/m0/s1. The lowest BCUT2D eigenvalue weighted by molar-refractivity contribution is -0.151. The maximum atomic E-state index is 14.2. The largest absolute Gasteiger partial charge is 0.475 e. The van der Waals surface area contributed by atoms with Gasteiger partial charge in [0.25, 0.3) is 0 Å². The SMILES string of the molecule is C=CCOP(=O)(OCCNC(=O)CC(=O)NCCOP(=O)(OCC=C)OC[C@H](COCC[C@@H](CCCCCCC)OC(=O)CCCCCCCCCCC)NC(=O)CCCCCCCCCCCCC)OC[C@H](COCC[C@@H](CCCCCCC)OC(=O)CCCCCCCCCCC)NC(=O)CCCCCCCCCCCCC. The van der Waals surface area contributed by atoms with Gasteiger partial charge < -0.3 is 40.2 Å². The number of nitrogens with one attached hydrogen (secondary N) is 4. The third-order valence-corrected chi connectivity index (χ3v) is 23.5. The van der Waals surface area contributed by atoms with E-state index in [1.165, 1.54) is 179 Å². The van der Waals surface area contributed by atoms with Crippen LogP contribution in [0.1, 0.15) is 420 Å². The lowest BCUT2D eigenvalue weighted by atomic mass is 10.1.